The number of aromatic nitrogens is 1. The number of fused-ring (bicyclic) bond motifs is 2. The maximum Gasteiger partial charge on any atom is 0.0711 e. The fraction of sp³-hybridized carbons (Fsp3) is 0.317. The Hall–Kier alpha value is -5.83. The van der Waals surface area contributed by atoms with Gasteiger partial charge < -0.3 is 0 Å². The Morgan fingerprint density at radius 2 is 1.26 bits per heavy atom. The van der Waals surface area contributed by atoms with E-state index in [2.05, 4.69) is 201 Å². The van der Waals surface area contributed by atoms with Crippen LogP contribution in [0.4, 0.5) is 0 Å². The van der Waals surface area contributed by atoms with Crippen LogP contribution >= 0.6 is 0 Å². The lowest BCUT2D eigenvalue weighted by Crippen LogP contribution is -2.42. The summed E-state index contributed by atoms with van der Waals surface area (Å²) in [4.78, 5) is 7.78. The van der Waals surface area contributed by atoms with Crippen LogP contribution in [0.25, 0.3) is 45.2 Å². The number of pyridine rings is 1. The lowest BCUT2D eigenvalue weighted by molar-refractivity contribution is 0.130. The highest BCUT2D eigenvalue weighted by Gasteiger charge is 2.44. The van der Waals surface area contributed by atoms with Gasteiger partial charge in [-0.05, 0) is 138 Å². The summed E-state index contributed by atoms with van der Waals surface area (Å²) < 4.78 is 0. The van der Waals surface area contributed by atoms with Gasteiger partial charge in [-0.2, -0.15) is 0 Å². The zero-order chi connectivity index (χ0) is 43.7. The van der Waals surface area contributed by atoms with E-state index in [1.54, 1.807) is 5.56 Å². The summed E-state index contributed by atoms with van der Waals surface area (Å²) in [5.74, 6) is 2.42. The van der Waals surface area contributed by atoms with Crippen LogP contribution in [-0.4, -0.2) is 23.0 Å². The minimum Gasteiger partial charge on any atom is -0.289 e. The van der Waals surface area contributed by atoms with Crippen molar-refractivity contribution in [2.45, 2.75) is 101 Å². The molecule has 6 aromatic rings. The molecule has 65 heavy (non-hydrogen) atoms. The molecule has 2 saturated carbocycles. The van der Waals surface area contributed by atoms with Crippen molar-refractivity contribution in [1.82, 2.24) is 9.88 Å². The molecule has 0 N–H and O–H groups in total. The van der Waals surface area contributed by atoms with Crippen molar-refractivity contribution in [1.29, 1.82) is 0 Å². The highest BCUT2D eigenvalue weighted by Crippen LogP contribution is 2.53. The Balaban J connectivity index is 0.809. The molecule has 2 nitrogen and oxygen atoms in total. The van der Waals surface area contributed by atoms with Gasteiger partial charge in [-0.25, -0.2) is 0 Å². The van der Waals surface area contributed by atoms with Crippen LogP contribution < -0.4 is 0 Å². The lowest BCUT2D eigenvalue weighted by atomic mass is 9.58. The van der Waals surface area contributed by atoms with Gasteiger partial charge in [-0.15, -0.1) is 0 Å². The zero-order valence-corrected chi connectivity index (χ0v) is 38.5. The first-order valence-electron chi connectivity index (χ1n) is 24.9. The summed E-state index contributed by atoms with van der Waals surface area (Å²) in [6, 6.07) is 53.7. The first-order valence-corrected chi connectivity index (χ1v) is 24.9. The molecule has 1 aliphatic heterocycles. The molecule has 0 radical (unpaired) electrons. The van der Waals surface area contributed by atoms with Crippen molar-refractivity contribution in [3.8, 4) is 33.5 Å². The SMILES string of the molecule is CC1CCC(c2ccc(C3C=C(c4ccccc4)C4C=CC=CC4N3C)cc2)CCC1C1(c2ccc(-c3ccc(-c4cc(-c5ccccc5)c5c(n4)CCC=C5)cc3)cc2)CCCCC1. The summed E-state index contributed by atoms with van der Waals surface area (Å²) in [5.41, 5.74) is 17.4. The number of nitrogens with zero attached hydrogens (tertiary/aromatic N) is 2. The Kier molecular flexibility index (Phi) is 11.7. The summed E-state index contributed by atoms with van der Waals surface area (Å²) in [7, 11) is 2.31. The highest BCUT2D eigenvalue weighted by atomic mass is 15.2. The number of likely N-dealkylation sites (N-methyl/N-ethyl adjacent to an activating group) is 1. The molecule has 5 aliphatic rings. The summed E-state index contributed by atoms with van der Waals surface area (Å²) >= 11 is 0. The van der Waals surface area contributed by atoms with Crippen molar-refractivity contribution in [2.24, 2.45) is 17.8 Å². The average molecular weight is 849 g/mol. The van der Waals surface area contributed by atoms with Crippen LogP contribution in [-0.2, 0) is 11.8 Å². The van der Waals surface area contributed by atoms with Gasteiger partial charge in [0.15, 0.2) is 0 Å². The van der Waals surface area contributed by atoms with Crippen LogP contribution in [0.3, 0.4) is 0 Å². The summed E-state index contributed by atoms with van der Waals surface area (Å²) in [5, 5.41) is 0. The molecule has 5 aromatic carbocycles. The quantitative estimate of drug-likeness (QED) is 0.142. The maximum absolute atomic E-state index is 5.21. The number of hydrogen-bond donors (Lipinski definition) is 0. The first kappa shape index (κ1) is 41.8. The number of allylic oxidation sites excluding steroid dienone is 3. The van der Waals surface area contributed by atoms with E-state index in [1.165, 1.54) is 119 Å². The predicted molar refractivity (Wildman–Crippen MR) is 273 cm³/mol. The first-order chi connectivity index (χ1) is 32.0. The van der Waals surface area contributed by atoms with Gasteiger partial charge >= 0.3 is 0 Å². The lowest BCUT2D eigenvalue weighted by Gasteiger charge is -2.47. The normalized spacial score (nSPS) is 25.0. The topological polar surface area (TPSA) is 16.1 Å². The van der Waals surface area contributed by atoms with E-state index in [4.69, 9.17) is 4.98 Å². The monoisotopic (exact) mass is 849 g/mol. The third-order valence-electron chi connectivity index (χ3n) is 16.5. The van der Waals surface area contributed by atoms with Crippen molar-refractivity contribution >= 4 is 11.6 Å². The molecular formula is C63H64N2. The molecule has 2 heterocycles. The molecule has 0 amide bonds. The van der Waals surface area contributed by atoms with Crippen LogP contribution in [0.15, 0.2) is 176 Å². The van der Waals surface area contributed by atoms with Crippen LogP contribution in [0.5, 0.6) is 0 Å². The minimum absolute atomic E-state index is 0.246. The molecule has 326 valence electrons. The Labute approximate surface area is 388 Å². The zero-order valence-electron chi connectivity index (χ0n) is 38.5. The number of rotatable bonds is 8. The molecule has 6 atom stereocenters. The van der Waals surface area contributed by atoms with E-state index >= 15 is 0 Å². The van der Waals surface area contributed by atoms with E-state index in [1.807, 2.05) is 0 Å². The molecular weight excluding hydrogens is 785 g/mol. The molecule has 0 spiro atoms. The fourth-order valence-electron chi connectivity index (χ4n) is 13.0. The molecule has 0 bridgehead atoms. The molecule has 6 unspecified atom stereocenters. The van der Waals surface area contributed by atoms with Crippen molar-refractivity contribution in [3.63, 3.8) is 0 Å². The average Bonchev–Trinajstić information content (AvgIpc) is 3.58. The molecule has 0 saturated heterocycles. The molecule has 4 aliphatic carbocycles. The molecule has 2 heteroatoms. The molecule has 11 rings (SSSR count). The summed E-state index contributed by atoms with van der Waals surface area (Å²) in [6.45, 7) is 2.59. The molecule has 1 aromatic heterocycles. The standard InChI is InChI=1S/C63H64N2/c1-44-24-25-45(47-28-32-52(33-29-47)62-43-57(50-18-8-4-9-19-50)55-21-11-13-23-61(55)65(62)2)36-39-58(44)63(40-14-5-15-41-63)53-37-34-48(35-38-53)46-26-30-51(31-27-46)60-42-56(49-16-6-3-7-17-49)54-20-10-12-22-59(54)64-60/h3-4,6-11,13,16-21,23,26-35,37-38,42-45,55,58,61-62H,5,12,14-15,22,24-25,36,39-41H2,1-2H3. The fourth-order valence-corrected chi connectivity index (χ4v) is 13.0. The second-order valence-corrected chi connectivity index (χ2v) is 20.1. The van der Waals surface area contributed by atoms with Crippen LogP contribution in [0, 0.1) is 17.8 Å². The Bertz CT molecular complexity index is 2710. The second-order valence-electron chi connectivity index (χ2n) is 20.1. The van der Waals surface area contributed by atoms with Gasteiger partial charge in [0.05, 0.1) is 11.7 Å². The Morgan fingerprint density at radius 1 is 0.615 bits per heavy atom. The number of hydrogen-bond acceptors (Lipinski definition) is 2. The van der Waals surface area contributed by atoms with Gasteiger partial charge in [0.25, 0.3) is 0 Å². The smallest absolute Gasteiger partial charge is 0.0711 e. The van der Waals surface area contributed by atoms with E-state index in [9.17, 15) is 0 Å². The molecule has 2 fully saturated rings. The van der Waals surface area contributed by atoms with Crippen LogP contribution in [0.2, 0.25) is 0 Å². The van der Waals surface area contributed by atoms with E-state index < -0.39 is 0 Å². The highest BCUT2D eigenvalue weighted by molar-refractivity contribution is 5.81. The van der Waals surface area contributed by atoms with Crippen LogP contribution in [0.1, 0.15) is 117 Å². The third kappa shape index (κ3) is 8.14. The predicted octanol–water partition coefficient (Wildman–Crippen LogP) is 16.0. The van der Waals surface area contributed by atoms with Gasteiger partial charge in [-0.3, -0.25) is 9.88 Å². The van der Waals surface area contributed by atoms with E-state index in [0.29, 0.717) is 29.7 Å². The van der Waals surface area contributed by atoms with Gasteiger partial charge in [-0.1, -0.05) is 202 Å². The van der Waals surface area contributed by atoms with Gasteiger partial charge in [0, 0.05) is 28.8 Å². The number of aryl methyl sites for hydroxylation is 1. The summed E-state index contributed by atoms with van der Waals surface area (Å²) in [6.07, 6.45) is 30.3. The van der Waals surface area contributed by atoms with Crippen molar-refractivity contribution in [3.05, 3.63) is 209 Å². The minimum atomic E-state index is 0.246. The van der Waals surface area contributed by atoms with Gasteiger partial charge in [0.1, 0.15) is 0 Å². The van der Waals surface area contributed by atoms with E-state index in [0.717, 1.165) is 18.5 Å². The largest absolute Gasteiger partial charge is 0.289 e. The second kappa shape index (κ2) is 18.2. The number of benzene rings is 5. The third-order valence-corrected chi connectivity index (χ3v) is 16.5. The van der Waals surface area contributed by atoms with E-state index in [-0.39, 0.29) is 11.5 Å². The van der Waals surface area contributed by atoms with Crippen molar-refractivity contribution < 1.29 is 0 Å². The van der Waals surface area contributed by atoms with Gasteiger partial charge in [0.2, 0.25) is 0 Å². The maximum atomic E-state index is 5.21. The Morgan fingerprint density at radius 3 is 2.00 bits per heavy atom. The van der Waals surface area contributed by atoms with Crippen molar-refractivity contribution in [2.75, 3.05) is 7.05 Å².